The summed E-state index contributed by atoms with van der Waals surface area (Å²) in [6.07, 6.45) is -5.82. The smallest absolute Gasteiger partial charge is 0.446 e. The molecule has 18 heteroatoms. The van der Waals surface area contributed by atoms with Gasteiger partial charge in [0.2, 0.25) is 5.91 Å². The van der Waals surface area contributed by atoms with Gasteiger partial charge in [0.1, 0.15) is 11.8 Å². The number of hydrogen-bond donors (Lipinski definition) is 2. The Kier molecular flexibility index (Phi) is 9.65. The molecule has 258 valence electrons. The summed E-state index contributed by atoms with van der Waals surface area (Å²) in [5.74, 6) is -8.19. The molecule has 2 N–H and O–H groups in total. The van der Waals surface area contributed by atoms with Crippen LogP contribution in [0.2, 0.25) is 5.02 Å². The second-order valence-electron chi connectivity index (χ2n) is 11.8. The maximum Gasteiger partial charge on any atom is 0.454 e. The lowest BCUT2D eigenvalue weighted by Crippen LogP contribution is -2.49. The van der Waals surface area contributed by atoms with Crippen molar-refractivity contribution >= 4 is 50.7 Å². The SMILES string of the molecule is CC1CN(C(=O)OC2CCC(NCC(F)(F)C(F)(F)F)CC2)c2c1cc(S(=O)(=O)Nc1c(F)cc(Cl)cc1F)cc2N1CCCC1=O. The van der Waals surface area contributed by atoms with Crippen LogP contribution in [0.5, 0.6) is 0 Å². The minimum atomic E-state index is -5.68. The number of nitrogens with one attached hydrogen (secondary N) is 2. The number of carbonyl (C=O) groups excluding carboxylic acids is 2. The molecule has 0 radical (unpaired) electrons. The van der Waals surface area contributed by atoms with E-state index in [1.807, 2.05) is 4.72 Å². The summed E-state index contributed by atoms with van der Waals surface area (Å²) in [6, 6.07) is 3.23. The molecule has 2 fully saturated rings. The lowest BCUT2D eigenvalue weighted by molar-refractivity contribution is -0.279. The van der Waals surface area contributed by atoms with Crippen LogP contribution < -0.4 is 19.8 Å². The van der Waals surface area contributed by atoms with E-state index in [0.717, 1.165) is 18.2 Å². The molecule has 0 bridgehead atoms. The molecule has 47 heavy (non-hydrogen) atoms. The lowest BCUT2D eigenvalue weighted by Gasteiger charge is -2.32. The Morgan fingerprint density at radius 3 is 2.26 bits per heavy atom. The molecule has 9 nitrogen and oxygen atoms in total. The first-order valence-electron chi connectivity index (χ1n) is 14.7. The molecule has 1 aliphatic carbocycles. The average Bonchev–Trinajstić information content (AvgIpc) is 3.56. The van der Waals surface area contributed by atoms with Gasteiger partial charge < -0.3 is 15.0 Å². The predicted molar refractivity (Wildman–Crippen MR) is 157 cm³/mol. The number of rotatable bonds is 8. The van der Waals surface area contributed by atoms with Crippen molar-refractivity contribution in [2.24, 2.45) is 0 Å². The van der Waals surface area contributed by atoms with Crippen LogP contribution in [0.4, 0.5) is 52.6 Å². The molecule has 1 saturated carbocycles. The highest BCUT2D eigenvalue weighted by Gasteiger charge is 2.57. The quantitative estimate of drug-likeness (QED) is 0.295. The normalized spacial score (nSPS) is 22.1. The number of hydrogen-bond acceptors (Lipinski definition) is 6. The van der Waals surface area contributed by atoms with E-state index in [0.29, 0.717) is 12.0 Å². The first-order valence-corrected chi connectivity index (χ1v) is 16.6. The largest absolute Gasteiger partial charge is 0.454 e. The average molecular weight is 715 g/mol. The van der Waals surface area contributed by atoms with Crippen molar-refractivity contribution in [3.8, 4) is 0 Å². The van der Waals surface area contributed by atoms with Crippen LogP contribution in [-0.2, 0) is 19.6 Å². The lowest BCUT2D eigenvalue weighted by atomic mass is 9.93. The van der Waals surface area contributed by atoms with Gasteiger partial charge in [-0.15, -0.1) is 0 Å². The third-order valence-corrected chi connectivity index (χ3v) is 10.0. The molecule has 2 amide bonds. The van der Waals surface area contributed by atoms with Crippen molar-refractivity contribution in [3.05, 3.63) is 46.5 Å². The zero-order valence-electron chi connectivity index (χ0n) is 24.8. The molecule has 0 aromatic heterocycles. The standard InChI is InChI=1S/C29H30ClF7N4O5S/c1-15-13-41(27(43)46-18-6-4-17(5-7-18)38-14-28(33,34)29(35,36)37)26-20(15)11-19(12-23(26)40-8-2-3-24(40)42)47(44,45)39-25-21(31)9-16(30)10-22(25)32/h9-12,15,17-18,38-39H,2-8,13-14H2,1H3. The van der Waals surface area contributed by atoms with Crippen molar-refractivity contribution in [3.63, 3.8) is 0 Å². The third-order valence-electron chi connectivity index (χ3n) is 8.46. The third kappa shape index (κ3) is 7.26. The van der Waals surface area contributed by atoms with Gasteiger partial charge in [0.15, 0.2) is 11.6 Å². The van der Waals surface area contributed by atoms with Gasteiger partial charge in [0.25, 0.3) is 10.0 Å². The number of nitrogens with zero attached hydrogens (tertiary/aromatic N) is 2. The van der Waals surface area contributed by atoms with Gasteiger partial charge >= 0.3 is 18.2 Å². The number of halogens is 8. The summed E-state index contributed by atoms with van der Waals surface area (Å²) in [5, 5.41) is 1.95. The number of carbonyl (C=O) groups is 2. The predicted octanol–water partition coefficient (Wildman–Crippen LogP) is 6.70. The van der Waals surface area contributed by atoms with Crippen molar-refractivity contribution < 1.29 is 53.5 Å². The number of anilines is 3. The van der Waals surface area contributed by atoms with Crippen LogP contribution in [0.15, 0.2) is 29.2 Å². The van der Waals surface area contributed by atoms with Crippen molar-refractivity contribution in [2.75, 3.05) is 34.2 Å². The molecular weight excluding hydrogens is 685 g/mol. The van der Waals surface area contributed by atoms with E-state index in [2.05, 4.69) is 5.32 Å². The topological polar surface area (TPSA) is 108 Å². The molecule has 5 rings (SSSR count). The van der Waals surface area contributed by atoms with Crippen LogP contribution in [0, 0.1) is 11.6 Å². The Balaban J connectivity index is 1.36. The summed E-state index contributed by atoms with van der Waals surface area (Å²) in [5.41, 5.74) is -0.284. The van der Waals surface area contributed by atoms with Gasteiger partial charge in [0.05, 0.1) is 22.8 Å². The number of ether oxygens (including phenoxy) is 1. The second kappa shape index (κ2) is 13.0. The second-order valence-corrected chi connectivity index (χ2v) is 14.0. The Labute approximate surface area is 270 Å². The van der Waals surface area contributed by atoms with E-state index < -0.39 is 75.0 Å². The van der Waals surface area contributed by atoms with E-state index in [1.54, 1.807) is 6.92 Å². The fourth-order valence-electron chi connectivity index (χ4n) is 5.97. The molecule has 2 aromatic rings. The van der Waals surface area contributed by atoms with Crippen molar-refractivity contribution in [2.45, 2.75) is 80.5 Å². The Morgan fingerprint density at radius 2 is 1.68 bits per heavy atom. The highest BCUT2D eigenvalue weighted by atomic mass is 35.5. The van der Waals surface area contributed by atoms with Gasteiger partial charge in [-0.1, -0.05) is 18.5 Å². The fraction of sp³-hybridized carbons (Fsp3) is 0.517. The molecule has 1 atom stereocenters. The molecule has 2 heterocycles. The summed E-state index contributed by atoms with van der Waals surface area (Å²) >= 11 is 5.65. The molecule has 3 aliphatic rings. The number of fused-ring (bicyclic) bond motifs is 1. The highest BCUT2D eigenvalue weighted by Crippen LogP contribution is 2.46. The van der Waals surface area contributed by atoms with Crippen LogP contribution in [0.25, 0.3) is 0 Å². The monoisotopic (exact) mass is 714 g/mol. The zero-order chi connectivity index (χ0) is 34.5. The fourth-order valence-corrected chi connectivity index (χ4v) is 7.30. The van der Waals surface area contributed by atoms with Gasteiger partial charge in [-0.3, -0.25) is 14.4 Å². The summed E-state index contributed by atoms with van der Waals surface area (Å²) in [7, 11) is -4.63. The summed E-state index contributed by atoms with van der Waals surface area (Å²) < 4.78 is 127. The molecule has 1 saturated heterocycles. The summed E-state index contributed by atoms with van der Waals surface area (Å²) in [4.78, 5) is 28.5. The van der Waals surface area contributed by atoms with Crippen LogP contribution >= 0.6 is 11.6 Å². The minimum absolute atomic E-state index is 0.0317. The number of amides is 2. The molecule has 0 spiro atoms. The van der Waals surface area contributed by atoms with Crippen LogP contribution in [0.1, 0.15) is 56.9 Å². The van der Waals surface area contributed by atoms with Gasteiger partial charge in [0, 0.05) is 36.5 Å². The first-order chi connectivity index (χ1) is 21.9. The number of benzene rings is 2. The summed E-state index contributed by atoms with van der Waals surface area (Å²) in [6.45, 7) is 0.384. The number of alkyl halides is 5. The molecule has 2 aliphatic heterocycles. The van der Waals surface area contributed by atoms with E-state index in [9.17, 15) is 48.7 Å². The maximum atomic E-state index is 14.5. The minimum Gasteiger partial charge on any atom is -0.446 e. The zero-order valence-corrected chi connectivity index (χ0v) is 26.3. The Hall–Kier alpha value is -3.31. The van der Waals surface area contributed by atoms with Gasteiger partial charge in [-0.25, -0.2) is 22.0 Å². The number of sulfonamides is 1. The maximum absolute atomic E-state index is 14.5. The van der Waals surface area contributed by atoms with E-state index in [-0.39, 0.29) is 67.5 Å². The molecular formula is C29H30ClF7N4O5S. The van der Waals surface area contributed by atoms with E-state index in [1.165, 1.54) is 15.9 Å². The van der Waals surface area contributed by atoms with E-state index in [4.69, 9.17) is 16.3 Å². The molecule has 2 aromatic carbocycles. The highest BCUT2D eigenvalue weighted by molar-refractivity contribution is 7.92. The van der Waals surface area contributed by atoms with Crippen molar-refractivity contribution in [1.82, 2.24) is 5.32 Å². The van der Waals surface area contributed by atoms with Gasteiger partial charge in [-0.05, 0) is 61.9 Å². The Bertz CT molecular complexity index is 1650. The van der Waals surface area contributed by atoms with Gasteiger partial charge in [-0.2, -0.15) is 22.0 Å². The first kappa shape index (κ1) is 35.0. The van der Waals surface area contributed by atoms with Crippen LogP contribution in [0.3, 0.4) is 0 Å². The van der Waals surface area contributed by atoms with Crippen LogP contribution in [-0.4, -0.2) is 64.3 Å². The van der Waals surface area contributed by atoms with Crippen molar-refractivity contribution in [1.29, 1.82) is 0 Å². The molecule has 1 unspecified atom stereocenters. The van der Waals surface area contributed by atoms with E-state index >= 15 is 0 Å². The Morgan fingerprint density at radius 1 is 1.04 bits per heavy atom.